The van der Waals surface area contributed by atoms with E-state index in [-0.39, 0.29) is 17.4 Å². The first-order chi connectivity index (χ1) is 10.2. The van der Waals surface area contributed by atoms with Gasteiger partial charge in [0.05, 0.1) is 18.9 Å². The molecule has 2 aromatic heterocycles. The molecule has 0 radical (unpaired) electrons. The van der Waals surface area contributed by atoms with Gasteiger partial charge in [-0.05, 0) is 19.8 Å². The Kier molecular flexibility index (Phi) is 3.87. The molecule has 7 nitrogen and oxygen atoms in total. The Morgan fingerprint density at radius 1 is 1.62 bits per heavy atom. The summed E-state index contributed by atoms with van der Waals surface area (Å²) in [6.45, 7) is 3.62. The van der Waals surface area contributed by atoms with Gasteiger partial charge in [0.25, 0.3) is 5.56 Å². The first kappa shape index (κ1) is 14.0. The van der Waals surface area contributed by atoms with Gasteiger partial charge in [-0.2, -0.15) is 4.98 Å². The number of aromatic nitrogens is 3. The minimum Gasteiger partial charge on any atom is -0.466 e. The SMILES string of the molecule is CCOC(=O)[C@H]1CCCN(c2nc3nc[nH]c(=O)c3s2)C1. The van der Waals surface area contributed by atoms with Gasteiger partial charge in [-0.1, -0.05) is 11.3 Å². The summed E-state index contributed by atoms with van der Waals surface area (Å²) < 4.78 is 5.61. The highest BCUT2D eigenvalue weighted by Crippen LogP contribution is 2.29. The number of rotatable bonds is 3. The minimum absolute atomic E-state index is 0.128. The number of nitrogens with zero attached hydrogens (tertiary/aromatic N) is 3. The monoisotopic (exact) mass is 308 g/mol. The second-order valence-electron chi connectivity index (χ2n) is 4.92. The molecule has 1 atom stereocenters. The Labute approximate surface area is 125 Å². The second-order valence-corrected chi connectivity index (χ2v) is 5.90. The van der Waals surface area contributed by atoms with Gasteiger partial charge < -0.3 is 14.6 Å². The Bertz CT molecular complexity index is 711. The number of aromatic amines is 1. The Hall–Kier alpha value is -1.96. The second kappa shape index (κ2) is 5.80. The maximum Gasteiger partial charge on any atom is 0.310 e. The number of fused-ring (bicyclic) bond motifs is 1. The summed E-state index contributed by atoms with van der Waals surface area (Å²) >= 11 is 1.31. The van der Waals surface area contributed by atoms with Crippen molar-refractivity contribution >= 4 is 32.8 Å². The maximum atomic E-state index is 11.9. The fourth-order valence-corrected chi connectivity index (χ4v) is 3.44. The van der Waals surface area contributed by atoms with E-state index in [4.69, 9.17) is 4.74 Å². The molecule has 3 heterocycles. The molecule has 1 aliphatic rings. The lowest BCUT2D eigenvalue weighted by Crippen LogP contribution is -2.39. The Morgan fingerprint density at radius 2 is 2.48 bits per heavy atom. The van der Waals surface area contributed by atoms with E-state index in [0.29, 0.717) is 23.5 Å². The van der Waals surface area contributed by atoms with Crippen molar-refractivity contribution in [3.05, 3.63) is 16.7 Å². The molecule has 1 N–H and O–H groups in total. The Balaban J connectivity index is 1.83. The molecule has 0 aliphatic carbocycles. The van der Waals surface area contributed by atoms with Crippen molar-refractivity contribution in [3.8, 4) is 0 Å². The summed E-state index contributed by atoms with van der Waals surface area (Å²) in [7, 11) is 0. The number of hydrogen-bond acceptors (Lipinski definition) is 7. The molecule has 0 saturated carbocycles. The van der Waals surface area contributed by atoms with Gasteiger partial charge in [0, 0.05) is 13.1 Å². The molecule has 0 bridgehead atoms. The zero-order valence-electron chi connectivity index (χ0n) is 11.7. The predicted octanol–water partition coefficient (Wildman–Crippen LogP) is 1.16. The van der Waals surface area contributed by atoms with Crippen LogP contribution < -0.4 is 10.5 Å². The van der Waals surface area contributed by atoms with Crippen LogP contribution in [-0.4, -0.2) is 40.6 Å². The molecular formula is C13H16N4O3S. The molecule has 8 heteroatoms. The van der Waals surface area contributed by atoms with Crippen molar-refractivity contribution in [1.82, 2.24) is 15.0 Å². The quantitative estimate of drug-likeness (QED) is 0.856. The van der Waals surface area contributed by atoms with E-state index in [0.717, 1.165) is 24.5 Å². The third kappa shape index (κ3) is 2.76. The van der Waals surface area contributed by atoms with E-state index in [1.54, 1.807) is 0 Å². The van der Waals surface area contributed by atoms with Crippen molar-refractivity contribution in [2.75, 3.05) is 24.6 Å². The summed E-state index contributed by atoms with van der Waals surface area (Å²) in [5.74, 6) is -0.281. The van der Waals surface area contributed by atoms with Gasteiger partial charge in [-0.25, -0.2) is 4.98 Å². The summed E-state index contributed by atoms with van der Waals surface area (Å²) in [4.78, 5) is 36.6. The number of esters is 1. The molecule has 2 aromatic rings. The Morgan fingerprint density at radius 3 is 3.24 bits per heavy atom. The van der Waals surface area contributed by atoms with Crippen molar-refractivity contribution in [3.63, 3.8) is 0 Å². The van der Waals surface area contributed by atoms with Crippen LogP contribution in [0.15, 0.2) is 11.1 Å². The number of ether oxygens (including phenoxy) is 1. The maximum absolute atomic E-state index is 11.9. The normalized spacial score (nSPS) is 18.9. The van der Waals surface area contributed by atoms with Crippen LogP contribution in [-0.2, 0) is 9.53 Å². The highest BCUT2D eigenvalue weighted by Gasteiger charge is 2.28. The van der Waals surface area contributed by atoms with Gasteiger partial charge >= 0.3 is 5.97 Å². The molecule has 1 fully saturated rings. The number of thiazole rings is 1. The fourth-order valence-electron chi connectivity index (χ4n) is 2.49. The smallest absolute Gasteiger partial charge is 0.310 e. The number of carbonyl (C=O) groups excluding carboxylic acids is 1. The van der Waals surface area contributed by atoms with Gasteiger partial charge in [0.15, 0.2) is 10.8 Å². The van der Waals surface area contributed by atoms with E-state index < -0.39 is 0 Å². The first-order valence-corrected chi connectivity index (χ1v) is 7.76. The number of nitrogens with one attached hydrogen (secondary N) is 1. The summed E-state index contributed by atoms with van der Waals surface area (Å²) in [5, 5.41) is 0.739. The van der Waals surface area contributed by atoms with Crippen molar-refractivity contribution in [2.45, 2.75) is 19.8 Å². The fraction of sp³-hybridized carbons (Fsp3) is 0.538. The van der Waals surface area contributed by atoms with Crippen molar-refractivity contribution in [2.24, 2.45) is 5.92 Å². The summed E-state index contributed by atoms with van der Waals surface area (Å²) in [6, 6.07) is 0. The lowest BCUT2D eigenvalue weighted by molar-refractivity contribution is -0.148. The van der Waals surface area contributed by atoms with Crippen molar-refractivity contribution < 1.29 is 9.53 Å². The van der Waals surface area contributed by atoms with Crippen LogP contribution in [0.4, 0.5) is 5.13 Å². The number of anilines is 1. The van der Waals surface area contributed by atoms with Crippen LogP contribution >= 0.6 is 11.3 Å². The van der Waals surface area contributed by atoms with Crippen molar-refractivity contribution in [1.29, 1.82) is 0 Å². The molecular weight excluding hydrogens is 292 g/mol. The number of carbonyl (C=O) groups is 1. The standard InChI is InChI=1S/C13H16N4O3S/c1-2-20-12(19)8-4-3-5-17(6-8)13-16-10-9(21-13)11(18)15-7-14-10/h7-8H,2-6H2,1H3,(H,14,15,18)/t8-/m0/s1. The molecule has 1 aliphatic heterocycles. The number of H-pyrrole nitrogens is 1. The molecule has 1 saturated heterocycles. The van der Waals surface area contributed by atoms with Crippen LogP contribution in [0.5, 0.6) is 0 Å². The van der Waals surface area contributed by atoms with Crippen LogP contribution in [0.3, 0.4) is 0 Å². The molecule has 0 aromatic carbocycles. The third-order valence-corrected chi connectivity index (χ3v) is 4.60. The first-order valence-electron chi connectivity index (χ1n) is 6.95. The zero-order chi connectivity index (χ0) is 14.8. The van der Waals surface area contributed by atoms with E-state index in [1.165, 1.54) is 17.7 Å². The predicted molar refractivity (Wildman–Crippen MR) is 79.6 cm³/mol. The van der Waals surface area contributed by atoms with E-state index >= 15 is 0 Å². The van der Waals surface area contributed by atoms with E-state index in [2.05, 4.69) is 15.0 Å². The summed E-state index contributed by atoms with van der Waals surface area (Å²) in [6.07, 6.45) is 3.09. The van der Waals surface area contributed by atoms with Gasteiger partial charge in [-0.15, -0.1) is 0 Å². The average Bonchev–Trinajstić information content (AvgIpc) is 2.93. The van der Waals surface area contributed by atoms with Crippen LogP contribution in [0, 0.1) is 5.92 Å². The topological polar surface area (TPSA) is 88.2 Å². The largest absolute Gasteiger partial charge is 0.466 e. The molecule has 0 unspecified atom stereocenters. The van der Waals surface area contributed by atoms with Crippen LogP contribution in [0.25, 0.3) is 10.3 Å². The number of hydrogen-bond donors (Lipinski definition) is 1. The molecule has 112 valence electrons. The molecule has 3 rings (SSSR count). The van der Waals surface area contributed by atoms with Gasteiger partial charge in [-0.3, -0.25) is 9.59 Å². The van der Waals surface area contributed by atoms with E-state index in [9.17, 15) is 9.59 Å². The zero-order valence-corrected chi connectivity index (χ0v) is 12.5. The lowest BCUT2D eigenvalue weighted by atomic mass is 9.99. The average molecular weight is 308 g/mol. The van der Waals surface area contributed by atoms with Crippen LogP contribution in [0.2, 0.25) is 0 Å². The summed E-state index contributed by atoms with van der Waals surface area (Å²) in [5.41, 5.74) is 0.278. The van der Waals surface area contributed by atoms with Crippen LogP contribution in [0.1, 0.15) is 19.8 Å². The van der Waals surface area contributed by atoms with E-state index in [1.807, 2.05) is 11.8 Å². The molecule has 21 heavy (non-hydrogen) atoms. The number of piperidine rings is 1. The highest BCUT2D eigenvalue weighted by molar-refractivity contribution is 7.22. The molecule has 0 amide bonds. The minimum atomic E-state index is -0.178. The lowest BCUT2D eigenvalue weighted by Gasteiger charge is -2.31. The third-order valence-electron chi connectivity index (χ3n) is 3.50. The molecule has 0 spiro atoms. The van der Waals surface area contributed by atoms with Gasteiger partial charge in [0.2, 0.25) is 0 Å². The highest BCUT2D eigenvalue weighted by atomic mass is 32.1. The van der Waals surface area contributed by atoms with Gasteiger partial charge in [0.1, 0.15) is 4.70 Å².